The molecule has 0 radical (unpaired) electrons. The molecule has 0 spiro atoms. The first kappa shape index (κ1) is 23.9. The third kappa shape index (κ3) is 5.73. The zero-order valence-electron chi connectivity index (χ0n) is 18.8. The van der Waals surface area contributed by atoms with Crippen molar-refractivity contribution in [3.05, 3.63) is 57.0 Å². The average Bonchev–Trinajstić information content (AvgIpc) is 3.09. The van der Waals surface area contributed by atoms with E-state index in [0.29, 0.717) is 45.3 Å². The lowest BCUT2D eigenvalue weighted by molar-refractivity contribution is 0.0529. The molecule has 172 valence electrons. The number of rotatable bonds is 10. The molecule has 3 aromatic rings. The van der Waals surface area contributed by atoms with Crippen LogP contribution in [0.3, 0.4) is 0 Å². The fourth-order valence-electron chi connectivity index (χ4n) is 3.34. The third-order valence-corrected chi connectivity index (χ3v) is 6.19. The summed E-state index contributed by atoms with van der Waals surface area (Å²) < 4.78 is 10.7. The van der Waals surface area contributed by atoms with E-state index in [9.17, 15) is 14.7 Å². The van der Waals surface area contributed by atoms with Crippen molar-refractivity contribution in [2.24, 2.45) is 0 Å². The average molecular weight is 460 g/mol. The number of hydrogen-bond donors (Lipinski definition) is 2. The van der Waals surface area contributed by atoms with Gasteiger partial charge < -0.3 is 19.6 Å². The van der Waals surface area contributed by atoms with Gasteiger partial charge in [0.25, 0.3) is 5.56 Å². The van der Waals surface area contributed by atoms with Gasteiger partial charge in [-0.1, -0.05) is 18.2 Å². The van der Waals surface area contributed by atoms with Crippen LogP contribution in [0.5, 0.6) is 5.75 Å². The number of carbonyl (C=O) groups excluding carboxylic acids is 1. The Morgan fingerprint density at radius 2 is 2.00 bits per heavy atom. The zero-order chi connectivity index (χ0) is 23.3. The van der Waals surface area contributed by atoms with E-state index in [1.54, 1.807) is 13.8 Å². The van der Waals surface area contributed by atoms with Gasteiger partial charge in [-0.15, -0.1) is 11.3 Å². The van der Waals surface area contributed by atoms with Gasteiger partial charge in [0.15, 0.2) is 0 Å². The van der Waals surface area contributed by atoms with E-state index in [1.165, 1.54) is 0 Å². The summed E-state index contributed by atoms with van der Waals surface area (Å²) in [5, 5.41) is 10.9. The van der Waals surface area contributed by atoms with Gasteiger partial charge in [0, 0.05) is 12.6 Å². The highest BCUT2D eigenvalue weighted by atomic mass is 32.1. The molecule has 1 aromatic carbocycles. The number of aryl methyl sites for hydroxylation is 1. The number of aromatic amines is 1. The number of nitrogens with one attached hydrogen (secondary N) is 1. The van der Waals surface area contributed by atoms with E-state index in [-0.39, 0.29) is 24.8 Å². The molecule has 0 amide bonds. The Balaban J connectivity index is 1.74. The third-order valence-electron chi connectivity index (χ3n) is 5.02. The van der Waals surface area contributed by atoms with Crippen LogP contribution in [0.15, 0.2) is 35.1 Å². The minimum atomic E-state index is -0.715. The molecule has 0 unspecified atom stereocenters. The molecule has 0 aliphatic rings. The summed E-state index contributed by atoms with van der Waals surface area (Å²) in [4.78, 5) is 35.2. The van der Waals surface area contributed by atoms with Crippen LogP contribution in [-0.2, 0) is 11.3 Å². The van der Waals surface area contributed by atoms with Crippen molar-refractivity contribution in [1.29, 1.82) is 0 Å². The number of esters is 1. The summed E-state index contributed by atoms with van der Waals surface area (Å²) in [5.41, 5.74) is 0.295. The van der Waals surface area contributed by atoms with Crippen LogP contribution in [-0.4, -0.2) is 57.8 Å². The number of thiophene rings is 1. The molecule has 0 fully saturated rings. The SMILES string of the molecule is CCOC(=O)c1sc2nc(CN(C[C@@H](O)COc3ccccc3)C(C)C)[nH]c(=O)c2c1C. The highest BCUT2D eigenvalue weighted by Crippen LogP contribution is 2.27. The summed E-state index contributed by atoms with van der Waals surface area (Å²) >= 11 is 1.16. The smallest absolute Gasteiger partial charge is 0.348 e. The standard InChI is InChI=1S/C23H29N3O5S/c1-5-30-23(29)20-15(4)19-21(28)24-18(25-22(19)32-20)12-26(14(2)3)11-16(27)13-31-17-9-7-6-8-10-17/h6-10,14,16,27H,5,11-13H2,1-4H3,(H,24,25,28)/t16-/m1/s1. The number of aromatic nitrogens is 2. The van der Waals surface area contributed by atoms with Gasteiger partial charge in [0.2, 0.25) is 0 Å². The summed E-state index contributed by atoms with van der Waals surface area (Å²) in [6.45, 7) is 8.60. The predicted molar refractivity (Wildman–Crippen MR) is 124 cm³/mol. The van der Waals surface area contributed by atoms with E-state index in [1.807, 2.05) is 49.1 Å². The van der Waals surface area contributed by atoms with Crippen LogP contribution in [0.25, 0.3) is 10.2 Å². The van der Waals surface area contributed by atoms with Crippen molar-refractivity contribution in [3.8, 4) is 5.75 Å². The lowest BCUT2D eigenvalue weighted by Gasteiger charge is -2.28. The molecule has 9 heteroatoms. The van der Waals surface area contributed by atoms with Crippen molar-refractivity contribution < 1.29 is 19.4 Å². The van der Waals surface area contributed by atoms with Crippen LogP contribution in [0, 0.1) is 6.92 Å². The molecule has 0 saturated heterocycles. The van der Waals surface area contributed by atoms with Gasteiger partial charge in [0.05, 0.1) is 18.5 Å². The number of nitrogens with zero attached hydrogens (tertiary/aromatic N) is 2. The predicted octanol–water partition coefficient (Wildman–Crippen LogP) is 3.12. The van der Waals surface area contributed by atoms with Gasteiger partial charge >= 0.3 is 5.97 Å². The second kappa shape index (κ2) is 10.7. The van der Waals surface area contributed by atoms with E-state index >= 15 is 0 Å². The first-order valence-corrected chi connectivity index (χ1v) is 11.4. The van der Waals surface area contributed by atoms with Gasteiger partial charge in [-0.25, -0.2) is 9.78 Å². The van der Waals surface area contributed by atoms with Crippen LogP contribution >= 0.6 is 11.3 Å². The molecular weight excluding hydrogens is 430 g/mol. The normalized spacial score (nSPS) is 12.5. The summed E-state index contributed by atoms with van der Waals surface area (Å²) in [6.07, 6.45) is -0.715. The first-order chi connectivity index (χ1) is 15.3. The Bertz CT molecular complexity index is 1110. The summed E-state index contributed by atoms with van der Waals surface area (Å²) in [5.74, 6) is 0.730. The largest absolute Gasteiger partial charge is 0.491 e. The number of ether oxygens (including phenoxy) is 2. The number of hydrogen-bond acceptors (Lipinski definition) is 8. The number of H-pyrrole nitrogens is 1. The minimum absolute atomic E-state index is 0.0996. The van der Waals surface area contributed by atoms with Crippen molar-refractivity contribution in [2.45, 2.75) is 46.4 Å². The van der Waals surface area contributed by atoms with Crippen molar-refractivity contribution in [1.82, 2.24) is 14.9 Å². The molecular formula is C23H29N3O5S. The fourth-order valence-corrected chi connectivity index (χ4v) is 4.43. The lowest BCUT2D eigenvalue weighted by Crippen LogP contribution is -2.40. The van der Waals surface area contributed by atoms with Crippen molar-refractivity contribution in [2.75, 3.05) is 19.8 Å². The van der Waals surface area contributed by atoms with E-state index in [0.717, 1.165) is 11.3 Å². The van der Waals surface area contributed by atoms with E-state index in [2.05, 4.69) is 9.97 Å². The van der Waals surface area contributed by atoms with Crippen LogP contribution in [0.1, 0.15) is 41.8 Å². The Morgan fingerprint density at radius 1 is 1.28 bits per heavy atom. The number of benzene rings is 1. The van der Waals surface area contributed by atoms with Crippen molar-refractivity contribution in [3.63, 3.8) is 0 Å². The maximum atomic E-state index is 12.7. The monoisotopic (exact) mass is 459 g/mol. The molecule has 2 aromatic heterocycles. The minimum Gasteiger partial charge on any atom is -0.491 e. The molecule has 0 aliphatic heterocycles. The molecule has 32 heavy (non-hydrogen) atoms. The molecule has 1 atom stereocenters. The molecule has 2 N–H and O–H groups in total. The summed E-state index contributed by atoms with van der Waals surface area (Å²) in [7, 11) is 0. The molecule has 2 heterocycles. The van der Waals surface area contributed by atoms with Crippen molar-refractivity contribution >= 4 is 27.5 Å². The maximum Gasteiger partial charge on any atom is 0.348 e. The second-order valence-corrected chi connectivity index (χ2v) is 8.77. The molecule has 8 nitrogen and oxygen atoms in total. The Hall–Kier alpha value is -2.75. The van der Waals surface area contributed by atoms with Gasteiger partial charge in [-0.2, -0.15) is 0 Å². The van der Waals surface area contributed by atoms with Crippen LogP contribution in [0.2, 0.25) is 0 Å². The van der Waals surface area contributed by atoms with Gasteiger partial charge in [0.1, 0.15) is 34.0 Å². The van der Waals surface area contributed by atoms with E-state index in [4.69, 9.17) is 9.47 Å². The maximum absolute atomic E-state index is 12.7. The topological polar surface area (TPSA) is 105 Å². The fraction of sp³-hybridized carbons (Fsp3) is 0.435. The first-order valence-electron chi connectivity index (χ1n) is 10.6. The second-order valence-electron chi connectivity index (χ2n) is 7.77. The zero-order valence-corrected chi connectivity index (χ0v) is 19.6. The number of fused-ring (bicyclic) bond motifs is 1. The molecule has 3 rings (SSSR count). The number of carbonyl (C=O) groups is 1. The Kier molecular flexibility index (Phi) is 8.00. The summed E-state index contributed by atoms with van der Waals surface area (Å²) in [6, 6.07) is 9.43. The Morgan fingerprint density at radius 3 is 2.66 bits per heavy atom. The molecule has 0 aliphatic carbocycles. The quantitative estimate of drug-likeness (QED) is 0.449. The molecule has 0 saturated carbocycles. The number of para-hydroxylation sites is 1. The number of aliphatic hydroxyl groups excluding tert-OH is 1. The van der Waals surface area contributed by atoms with Gasteiger partial charge in [-0.05, 0) is 45.4 Å². The van der Waals surface area contributed by atoms with E-state index < -0.39 is 12.1 Å². The lowest BCUT2D eigenvalue weighted by atomic mass is 10.2. The molecule has 0 bridgehead atoms. The number of aliphatic hydroxyl groups is 1. The van der Waals surface area contributed by atoms with Crippen LogP contribution < -0.4 is 10.3 Å². The van der Waals surface area contributed by atoms with Crippen LogP contribution in [0.4, 0.5) is 0 Å². The van der Waals surface area contributed by atoms with Gasteiger partial charge in [-0.3, -0.25) is 9.69 Å². The Labute approximate surface area is 190 Å². The highest BCUT2D eigenvalue weighted by molar-refractivity contribution is 7.20. The highest BCUT2D eigenvalue weighted by Gasteiger charge is 2.22.